The highest BCUT2D eigenvalue weighted by molar-refractivity contribution is 5.85. The molecule has 0 spiro atoms. The van der Waals surface area contributed by atoms with Gasteiger partial charge in [-0.15, -0.1) is 0 Å². The van der Waals surface area contributed by atoms with Crippen molar-refractivity contribution in [2.45, 2.75) is 0 Å². The molecule has 30 heavy (non-hydrogen) atoms. The topological polar surface area (TPSA) is 102 Å². The Morgan fingerprint density at radius 1 is 0.700 bits per heavy atom. The Kier molecular flexibility index (Phi) is 10.2. The molecule has 0 aliphatic heterocycles. The van der Waals surface area contributed by atoms with Gasteiger partial charge < -0.3 is 29.2 Å². The average Bonchev–Trinajstić information content (AvgIpc) is 2.76. The Morgan fingerprint density at radius 3 is 1.53 bits per heavy atom. The van der Waals surface area contributed by atoms with Crippen LogP contribution in [0.5, 0.6) is 23.0 Å². The Labute approximate surface area is 176 Å². The summed E-state index contributed by atoms with van der Waals surface area (Å²) in [5.41, 5.74) is 1.20. The van der Waals surface area contributed by atoms with Crippen LogP contribution in [-0.2, 0) is 9.47 Å². The Bertz CT molecular complexity index is 769. The Morgan fingerprint density at radius 2 is 1.13 bits per heavy atom. The maximum Gasteiger partial charge on any atom is 0.166 e. The van der Waals surface area contributed by atoms with E-state index in [2.05, 4.69) is 9.98 Å². The number of methoxy groups -OCH3 is 2. The Balaban J connectivity index is 1.54. The van der Waals surface area contributed by atoms with Crippen LogP contribution >= 0.6 is 0 Å². The first kappa shape index (κ1) is 23.2. The first-order valence-corrected chi connectivity index (χ1v) is 9.54. The van der Waals surface area contributed by atoms with E-state index in [4.69, 9.17) is 18.9 Å². The molecule has 0 unspecified atom stereocenters. The zero-order valence-corrected chi connectivity index (χ0v) is 17.3. The summed E-state index contributed by atoms with van der Waals surface area (Å²) in [6, 6.07) is 10.5. The minimum absolute atomic E-state index is 0.0716. The SMILES string of the molecule is COc1cccc(C=NCCOCCOCCN=Cc2cccc(OC)c2O)c1O. The number of aromatic hydroxyl groups is 2. The van der Waals surface area contributed by atoms with Crippen molar-refractivity contribution in [3.05, 3.63) is 47.5 Å². The van der Waals surface area contributed by atoms with Gasteiger partial charge in [-0.05, 0) is 24.3 Å². The number of ether oxygens (including phenoxy) is 4. The van der Waals surface area contributed by atoms with Crippen LogP contribution < -0.4 is 9.47 Å². The maximum absolute atomic E-state index is 9.96. The van der Waals surface area contributed by atoms with Crippen LogP contribution in [0, 0.1) is 0 Å². The van der Waals surface area contributed by atoms with E-state index < -0.39 is 0 Å². The van der Waals surface area contributed by atoms with Crippen molar-refractivity contribution in [1.82, 2.24) is 0 Å². The molecule has 0 amide bonds. The van der Waals surface area contributed by atoms with Gasteiger partial charge in [-0.25, -0.2) is 0 Å². The lowest BCUT2D eigenvalue weighted by Crippen LogP contribution is -2.08. The van der Waals surface area contributed by atoms with Crippen molar-refractivity contribution >= 4 is 12.4 Å². The summed E-state index contributed by atoms with van der Waals surface area (Å²) in [7, 11) is 3.01. The summed E-state index contributed by atoms with van der Waals surface area (Å²) in [5.74, 6) is 0.971. The molecule has 0 saturated carbocycles. The second-order valence-electron chi connectivity index (χ2n) is 6.09. The summed E-state index contributed by atoms with van der Waals surface area (Å²) >= 11 is 0. The summed E-state index contributed by atoms with van der Waals surface area (Å²) in [6.45, 7) is 2.78. The fourth-order valence-corrected chi connectivity index (χ4v) is 2.50. The third kappa shape index (κ3) is 7.38. The molecule has 8 heteroatoms. The second kappa shape index (κ2) is 13.2. The number of rotatable bonds is 13. The molecule has 0 atom stereocenters. The summed E-state index contributed by atoms with van der Waals surface area (Å²) in [4.78, 5) is 8.46. The molecule has 2 aromatic carbocycles. The van der Waals surface area contributed by atoms with Gasteiger partial charge in [0.25, 0.3) is 0 Å². The van der Waals surface area contributed by atoms with Crippen LogP contribution in [0.1, 0.15) is 11.1 Å². The number of benzene rings is 2. The fraction of sp³-hybridized carbons (Fsp3) is 0.364. The molecule has 0 aliphatic rings. The fourth-order valence-electron chi connectivity index (χ4n) is 2.50. The van der Waals surface area contributed by atoms with Gasteiger partial charge >= 0.3 is 0 Å². The lowest BCUT2D eigenvalue weighted by atomic mass is 10.2. The van der Waals surface area contributed by atoms with Crippen LogP contribution in [0.15, 0.2) is 46.4 Å². The predicted octanol–water partition coefficient (Wildman–Crippen LogP) is 2.69. The molecule has 162 valence electrons. The highest BCUT2D eigenvalue weighted by Gasteiger charge is 2.05. The van der Waals surface area contributed by atoms with Crippen LogP contribution in [0.2, 0.25) is 0 Å². The molecule has 0 saturated heterocycles. The van der Waals surface area contributed by atoms with E-state index in [0.29, 0.717) is 62.1 Å². The summed E-state index contributed by atoms with van der Waals surface area (Å²) in [5, 5.41) is 19.9. The lowest BCUT2D eigenvalue weighted by Gasteiger charge is -2.05. The summed E-state index contributed by atoms with van der Waals surface area (Å²) in [6.07, 6.45) is 3.19. The predicted molar refractivity (Wildman–Crippen MR) is 116 cm³/mol. The Hall–Kier alpha value is -3.10. The second-order valence-corrected chi connectivity index (χ2v) is 6.09. The molecule has 2 N–H and O–H groups in total. The molecular formula is C22H28N2O6. The van der Waals surface area contributed by atoms with Crippen molar-refractivity contribution in [3.63, 3.8) is 0 Å². The smallest absolute Gasteiger partial charge is 0.166 e. The van der Waals surface area contributed by atoms with Gasteiger partial charge in [-0.1, -0.05) is 12.1 Å². The van der Waals surface area contributed by atoms with Crippen LogP contribution in [0.25, 0.3) is 0 Å². The zero-order chi connectivity index (χ0) is 21.6. The highest BCUT2D eigenvalue weighted by Crippen LogP contribution is 2.28. The van der Waals surface area contributed by atoms with Crippen LogP contribution in [-0.4, -0.2) is 76.4 Å². The molecule has 0 heterocycles. The lowest BCUT2D eigenvalue weighted by molar-refractivity contribution is 0.0541. The number of aliphatic imine (C=N–C) groups is 2. The molecule has 0 aliphatic carbocycles. The first-order chi connectivity index (χ1) is 14.7. The number of phenolic OH excluding ortho intramolecular Hbond substituents is 2. The van der Waals surface area contributed by atoms with Crippen molar-refractivity contribution in [2.24, 2.45) is 9.98 Å². The van der Waals surface area contributed by atoms with E-state index in [1.165, 1.54) is 14.2 Å². The van der Waals surface area contributed by atoms with E-state index >= 15 is 0 Å². The molecule has 0 fully saturated rings. The van der Waals surface area contributed by atoms with Gasteiger partial charge in [0, 0.05) is 23.6 Å². The normalized spacial score (nSPS) is 11.4. The highest BCUT2D eigenvalue weighted by atomic mass is 16.5. The molecule has 0 radical (unpaired) electrons. The third-order valence-electron chi connectivity index (χ3n) is 4.06. The monoisotopic (exact) mass is 416 g/mol. The van der Waals surface area contributed by atoms with E-state index in [1.54, 1.807) is 48.8 Å². The van der Waals surface area contributed by atoms with E-state index in [0.717, 1.165) is 0 Å². The minimum Gasteiger partial charge on any atom is -0.504 e. The number of nitrogens with zero attached hydrogens (tertiary/aromatic N) is 2. The molecular weight excluding hydrogens is 388 g/mol. The van der Waals surface area contributed by atoms with Crippen LogP contribution in [0.3, 0.4) is 0 Å². The summed E-state index contributed by atoms with van der Waals surface area (Å²) < 4.78 is 21.0. The third-order valence-corrected chi connectivity index (χ3v) is 4.06. The molecule has 8 nitrogen and oxygen atoms in total. The first-order valence-electron chi connectivity index (χ1n) is 9.54. The number of para-hydroxylation sites is 2. The van der Waals surface area contributed by atoms with Gasteiger partial charge in [0.2, 0.25) is 0 Å². The van der Waals surface area contributed by atoms with Gasteiger partial charge in [0.05, 0.1) is 53.7 Å². The largest absolute Gasteiger partial charge is 0.504 e. The molecule has 0 aromatic heterocycles. The number of hydrogen-bond donors (Lipinski definition) is 2. The van der Waals surface area contributed by atoms with E-state index in [9.17, 15) is 10.2 Å². The molecule has 0 bridgehead atoms. The molecule has 2 aromatic rings. The van der Waals surface area contributed by atoms with E-state index in [-0.39, 0.29) is 11.5 Å². The number of phenols is 2. The zero-order valence-electron chi connectivity index (χ0n) is 17.3. The van der Waals surface area contributed by atoms with Crippen molar-refractivity contribution in [3.8, 4) is 23.0 Å². The average molecular weight is 416 g/mol. The quantitative estimate of drug-likeness (QED) is 0.385. The van der Waals surface area contributed by atoms with Gasteiger partial charge in [-0.3, -0.25) is 9.98 Å². The van der Waals surface area contributed by atoms with Crippen molar-refractivity contribution in [2.75, 3.05) is 53.7 Å². The number of hydrogen-bond acceptors (Lipinski definition) is 8. The van der Waals surface area contributed by atoms with Crippen molar-refractivity contribution in [1.29, 1.82) is 0 Å². The van der Waals surface area contributed by atoms with Crippen LogP contribution in [0.4, 0.5) is 0 Å². The molecule has 2 rings (SSSR count). The van der Waals surface area contributed by atoms with E-state index in [1.807, 2.05) is 0 Å². The standard InChI is InChI=1S/C22H28N2O6/c1-27-19-7-3-5-17(21(19)25)15-23-9-11-29-13-14-30-12-10-24-16-18-6-4-8-20(28-2)22(18)26/h3-8,15-16,25-26H,9-14H2,1-2H3. The van der Waals surface area contributed by atoms with Gasteiger partial charge in [0.1, 0.15) is 0 Å². The van der Waals surface area contributed by atoms with Gasteiger partial charge in [-0.2, -0.15) is 0 Å². The van der Waals surface area contributed by atoms with Crippen molar-refractivity contribution < 1.29 is 29.2 Å². The minimum atomic E-state index is 0.0716. The van der Waals surface area contributed by atoms with Gasteiger partial charge in [0.15, 0.2) is 23.0 Å². The maximum atomic E-state index is 9.96.